The zero-order valence-electron chi connectivity index (χ0n) is 23.4. The van der Waals surface area contributed by atoms with Gasteiger partial charge in [0.15, 0.2) is 0 Å². The number of aliphatic hydroxyl groups is 1. The van der Waals surface area contributed by atoms with Gasteiger partial charge in [-0.2, -0.15) is 0 Å². The van der Waals surface area contributed by atoms with Crippen molar-refractivity contribution in [1.82, 2.24) is 10.6 Å². The first-order valence-electron chi connectivity index (χ1n) is 13.7. The number of carboxylic acids is 2. The summed E-state index contributed by atoms with van der Waals surface area (Å²) in [6.07, 6.45) is -1.08. The highest BCUT2D eigenvalue weighted by Crippen LogP contribution is 2.33. The molecule has 3 aromatic rings. The average Bonchev–Trinajstić information content (AvgIpc) is 3.48. The van der Waals surface area contributed by atoms with Crippen LogP contribution in [0.15, 0.2) is 66.0 Å². The van der Waals surface area contributed by atoms with Gasteiger partial charge in [-0.25, -0.2) is 0 Å². The molecule has 2 aromatic carbocycles. The molecule has 3 unspecified atom stereocenters. The fraction of sp³-hybridized carbons (Fsp3) is 0.323. The number of nitrogens with two attached hydrogens (primary N) is 1. The molecule has 228 valence electrons. The zero-order valence-corrected chi connectivity index (χ0v) is 24.2. The van der Waals surface area contributed by atoms with Gasteiger partial charge in [0.05, 0.1) is 0 Å². The van der Waals surface area contributed by atoms with E-state index in [0.717, 1.165) is 27.1 Å². The molecule has 0 saturated carbocycles. The molecular formula is C31H35N3O8S. The molecule has 3 atom stereocenters. The third-order valence-electron chi connectivity index (χ3n) is 6.86. The van der Waals surface area contributed by atoms with Crippen molar-refractivity contribution in [3.8, 4) is 21.6 Å². The Morgan fingerprint density at radius 2 is 1.35 bits per heavy atom. The minimum absolute atomic E-state index is 0.0920. The third-order valence-corrected chi connectivity index (χ3v) is 7.84. The van der Waals surface area contributed by atoms with E-state index in [2.05, 4.69) is 22.1 Å². The van der Waals surface area contributed by atoms with Crippen molar-refractivity contribution >= 4 is 41.0 Å². The predicted octanol–water partition coefficient (Wildman–Crippen LogP) is 2.81. The van der Waals surface area contributed by atoms with E-state index < -0.39 is 60.5 Å². The maximum Gasteiger partial charge on any atom is 0.303 e. The smallest absolute Gasteiger partial charge is 0.303 e. The summed E-state index contributed by atoms with van der Waals surface area (Å²) < 4.78 is 0. The average molecular weight is 610 g/mol. The van der Waals surface area contributed by atoms with E-state index in [4.69, 9.17) is 15.9 Å². The van der Waals surface area contributed by atoms with E-state index >= 15 is 0 Å². The summed E-state index contributed by atoms with van der Waals surface area (Å²) in [5.41, 5.74) is 9.37. The van der Waals surface area contributed by atoms with Crippen molar-refractivity contribution in [3.05, 3.63) is 71.6 Å². The second-order valence-corrected chi connectivity index (χ2v) is 11.0. The monoisotopic (exact) mass is 609 g/mol. The number of carbonyl (C=O) groups is 5. The molecular weight excluding hydrogens is 574 g/mol. The minimum atomic E-state index is -1.32. The lowest BCUT2D eigenvalue weighted by Gasteiger charge is -2.24. The number of carbonyl (C=O) groups excluding carboxylic acids is 3. The van der Waals surface area contributed by atoms with Gasteiger partial charge in [-0.15, -0.1) is 11.3 Å². The molecule has 1 heterocycles. The van der Waals surface area contributed by atoms with Crippen LogP contribution in [0.4, 0.5) is 0 Å². The molecule has 12 heteroatoms. The highest BCUT2D eigenvalue weighted by atomic mass is 32.1. The second-order valence-electron chi connectivity index (χ2n) is 10.1. The number of carboxylic acid groups (broad SMARTS) is 2. The Balaban J connectivity index is 1.69. The van der Waals surface area contributed by atoms with Crippen molar-refractivity contribution in [3.63, 3.8) is 0 Å². The molecule has 0 radical (unpaired) electrons. The van der Waals surface area contributed by atoms with Crippen molar-refractivity contribution < 1.29 is 39.3 Å². The maximum absolute atomic E-state index is 13.2. The summed E-state index contributed by atoms with van der Waals surface area (Å²) in [6, 6.07) is 17.2. The molecule has 0 aliphatic rings. The van der Waals surface area contributed by atoms with E-state index in [0.29, 0.717) is 0 Å². The lowest BCUT2D eigenvalue weighted by molar-refractivity contribution is -0.139. The molecule has 7 N–H and O–H groups in total. The zero-order chi connectivity index (χ0) is 31.4. The molecule has 0 aliphatic carbocycles. The van der Waals surface area contributed by atoms with E-state index in [9.17, 15) is 29.1 Å². The topological polar surface area (TPSA) is 196 Å². The predicted molar refractivity (Wildman–Crippen MR) is 161 cm³/mol. The van der Waals surface area contributed by atoms with Crippen LogP contribution in [0.2, 0.25) is 0 Å². The van der Waals surface area contributed by atoms with Crippen LogP contribution in [-0.2, 0) is 30.4 Å². The highest BCUT2D eigenvalue weighted by Gasteiger charge is 2.29. The number of amides is 3. The number of nitrogens with one attached hydrogen (secondary N) is 2. The summed E-state index contributed by atoms with van der Waals surface area (Å²) >= 11 is 1.62. The number of rotatable bonds is 17. The fourth-order valence-corrected chi connectivity index (χ4v) is 5.42. The Bertz CT molecular complexity index is 1410. The van der Waals surface area contributed by atoms with Crippen LogP contribution in [0, 0.1) is 5.92 Å². The number of hydrogen-bond donors (Lipinski definition) is 6. The molecule has 0 saturated heterocycles. The fourth-order valence-electron chi connectivity index (χ4n) is 4.49. The molecule has 3 amide bonds. The van der Waals surface area contributed by atoms with Crippen LogP contribution in [0.25, 0.3) is 21.6 Å². The molecule has 0 aliphatic heterocycles. The van der Waals surface area contributed by atoms with Crippen LogP contribution in [0.5, 0.6) is 0 Å². The van der Waals surface area contributed by atoms with Crippen LogP contribution >= 0.6 is 11.3 Å². The van der Waals surface area contributed by atoms with Gasteiger partial charge < -0.3 is 31.7 Å². The lowest BCUT2D eigenvalue weighted by atomic mass is 9.94. The Morgan fingerprint density at radius 1 is 0.744 bits per heavy atom. The summed E-state index contributed by atoms with van der Waals surface area (Å²) in [4.78, 5) is 61.1. The molecule has 0 spiro atoms. The quantitative estimate of drug-likeness (QED) is 0.134. The summed E-state index contributed by atoms with van der Waals surface area (Å²) in [6.45, 7) is -0.293. The van der Waals surface area contributed by atoms with Crippen molar-refractivity contribution in [2.24, 2.45) is 11.7 Å². The van der Waals surface area contributed by atoms with Crippen molar-refractivity contribution in [2.75, 3.05) is 6.61 Å². The van der Waals surface area contributed by atoms with Gasteiger partial charge in [0.1, 0.15) is 12.1 Å². The number of benzene rings is 2. The van der Waals surface area contributed by atoms with Gasteiger partial charge in [0.2, 0.25) is 17.7 Å². The SMILES string of the molecule is NC(=O)C(CCC(=O)O)NC(=O)C(CCC(=O)O)NC(=O)C(CCO)Cc1ccc(-c2cc(-c3ccccc3)cs2)cc1. The van der Waals surface area contributed by atoms with Gasteiger partial charge in [-0.1, -0.05) is 54.6 Å². The van der Waals surface area contributed by atoms with E-state index in [-0.39, 0.29) is 32.3 Å². The Hall–Kier alpha value is -4.55. The molecule has 0 bridgehead atoms. The number of thiophene rings is 1. The maximum atomic E-state index is 13.2. The third kappa shape index (κ3) is 10.3. The van der Waals surface area contributed by atoms with Gasteiger partial charge in [-0.3, -0.25) is 24.0 Å². The highest BCUT2D eigenvalue weighted by molar-refractivity contribution is 7.14. The van der Waals surface area contributed by atoms with E-state index in [1.807, 2.05) is 54.6 Å². The minimum Gasteiger partial charge on any atom is -0.481 e. The molecule has 43 heavy (non-hydrogen) atoms. The molecule has 0 fully saturated rings. The standard InChI is InChI=1S/C31H35N3O8S/c32-29(40)24(10-12-27(36)37)33-31(42)25(11-13-28(38)39)34-30(41)22(14-15-35)16-19-6-8-21(9-7-19)26-17-23(18-43-26)20-4-2-1-3-5-20/h1-9,17-18,22,24-25,35H,10-16H2,(H2,32,40)(H,33,42)(H,34,41)(H,36,37)(H,38,39). The molecule has 3 rings (SSSR count). The summed E-state index contributed by atoms with van der Waals surface area (Å²) in [7, 11) is 0. The van der Waals surface area contributed by atoms with Gasteiger partial charge in [-0.05, 0) is 59.4 Å². The van der Waals surface area contributed by atoms with Gasteiger partial charge in [0, 0.05) is 30.2 Å². The number of hydrogen-bond acceptors (Lipinski definition) is 7. The lowest BCUT2D eigenvalue weighted by Crippen LogP contribution is -2.54. The largest absolute Gasteiger partial charge is 0.481 e. The van der Waals surface area contributed by atoms with E-state index in [1.54, 1.807) is 11.3 Å². The molecule has 11 nitrogen and oxygen atoms in total. The first-order chi connectivity index (χ1) is 20.6. The number of aliphatic hydroxyl groups excluding tert-OH is 1. The van der Waals surface area contributed by atoms with Crippen LogP contribution in [0.1, 0.15) is 37.7 Å². The van der Waals surface area contributed by atoms with Crippen LogP contribution < -0.4 is 16.4 Å². The second kappa shape index (κ2) is 16.2. The van der Waals surface area contributed by atoms with Gasteiger partial charge in [0.25, 0.3) is 0 Å². The number of aliphatic carboxylic acids is 2. The molecule has 1 aromatic heterocycles. The van der Waals surface area contributed by atoms with Crippen molar-refractivity contribution in [2.45, 2.75) is 50.6 Å². The van der Waals surface area contributed by atoms with Crippen LogP contribution in [0.3, 0.4) is 0 Å². The van der Waals surface area contributed by atoms with Crippen LogP contribution in [-0.4, -0.2) is 63.7 Å². The Labute approximate surface area is 252 Å². The van der Waals surface area contributed by atoms with E-state index in [1.165, 1.54) is 0 Å². The normalized spacial score (nSPS) is 13.0. The van der Waals surface area contributed by atoms with Crippen molar-refractivity contribution in [1.29, 1.82) is 0 Å². The van der Waals surface area contributed by atoms with Gasteiger partial charge >= 0.3 is 11.9 Å². The summed E-state index contributed by atoms with van der Waals surface area (Å²) in [5.74, 6) is -5.52. The Morgan fingerprint density at radius 3 is 1.93 bits per heavy atom. The first kappa shape index (κ1) is 33.0. The Kier molecular flexibility index (Phi) is 12.4. The number of primary amides is 1. The first-order valence-corrected chi connectivity index (χ1v) is 14.6. The summed E-state index contributed by atoms with van der Waals surface area (Å²) in [5, 5.41) is 34.6.